The van der Waals surface area contributed by atoms with Crippen LogP contribution in [0.1, 0.15) is 15.9 Å². The lowest BCUT2D eigenvalue weighted by atomic mass is 10.1. The van der Waals surface area contributed by atoms with Gasteiger partial charge in [-0.3, -0.25) is 19.9 Å². The maximum absolute atomic E-state index is 12.4. The average molecular weight is 307 g/mol. The van der Waals surface area contributed by atoms with Gasteiger partial charge in [0.15, 0.2) is 0 Å². The summed E-state index contributed by atoms with van der Waals surface area (Å²) in [6.07, 6.45) is 1.65. The number of nitro benzene ring substituents is 1. The van der Waals surface area contributed by atoms with Gasteiger partial charge < -0.3 is 5.32 Å². The van der Waals surface area contributed by atoms with E-state index in [-0.39, 0.29) is 11.3 Å². The Morgan fingerprint density at radius 3 is 2.74 bits per heavy atom. The summed E-state index contributed by atoms with van der Waals surface area (Å²) >= 11 is 0. The fourth-order valence-corrected chi connectivity index (χ4v) is 2.35. The van der Waals surface area contributed by atoms with Crippen LogP contribution >= 0.6 is 0 Å². The number of aromatic nitrogens is 1. The van der Waals surface area contributed by atoms with Gasteiger partial charge in [-0.15, -0.1) is 0 Å². The normalized spacial score (nSPS) is 10.5. The molecule has 3 rings (SSSR count). The highest BCUT2D eigenvalue weighted by molar-refractivity contribution is 6.08. The zero-order chi connectivity index (χ0) is 16.4. The Balaban J connectivity index is 1.95. The molecule has 0 saturated heterocycles. The second kappa shape index (κ2) is 5.84. The first-order valence-corrected chi connectivity index (χ1v) is 6.96. The van der Waals surface area contributed by atoms with Crippen molar-refractivity contribution in [3.63, 3.8) is 0 Å². The standard InChI is InChI=1S/C17H13N3O3/c1-11-7-8-13(10-15(11)20(22)23)17(21)19-14-6-2-4-12-5-3-9-18-16(12)14/h2-10H,1H3,(H,19,21). The molecule has 1 heterocycles. The van der Waals surface area contributed by atoms with Crippen LogP contribution in [0.15, 0.2) is 54.7 Å². The summed E-state index contributed by atoms with van der Waals surface area (Å²) in [5.41, 5.74) is 1.91. The molecular weight excluding hydrogens is 294 g/mol. The van der Waals surface area contributed by atoms with Gasteiger partial charge in [-0.2, -0.15) is 0 Å². The Hall–Kier alpha value is -3.28. The molecule has 1 aromatic heterocycles. The van der Waals surface area contributed by atoms with E-state index in [1.807, 2.05) is 24.3 Å². The minimum Gasteiger partial charge on any atom is -0.320 e. The van der Waals surface area contributed by atoms with Crippen molar-refractivity contribution >= 4 is 28.2 Å². The molecule has 0 radical (unpaired) electrons. The lowest BCUT2D eigenvalue weighted by molar-refractivity contribution is -0.385. The Bertz CT molecular complexity index is 917. The van der Waals surface area contributed by atoms with Gasteiger partial charge in [0.1, 0.15) is 0 Å². The number of pyridine rings is 1. The molecule has 0 unspecified atom stereocenters. The second-order valence-electron chi connectivity index (χ2n) is 5.09. The van der Waals surface area contributed by atoms with Gasteiger partial charge in [-0.1, -0.05) is 24.3 Å². The number of hydrogen-bond donors (Lipinski definition) is 1. The molecule has 23 heavy (non-hydrogen) atoms. The van der Waals surface area contributed by atoms with E-state index in [0.717, 1.165) is 5.39 Å². The predicted octanol–water partition coefficient (Wildman–Crippen LogP) is 3.70. The van der Waals surface area contributed by atoms with E-state index in [4.69, 9.17) is 0 Å². The van der Waals surface area contributed by atoms with Crippen molar-refractivity contribution in [3.8, 4) is 0 Å². The summed E-state index contributed by atoms with van der Waals surface area (Å²) in [6.45, 7) is 1.63. The average Bonchev–Trinajstić information content (AvgIpc) is 2.55. The highest BCUT2D eigenvalue weighted by Crippen LogP contribution is 2.23. The Labute approximate surface area is 131 Å². The van der Waals surface area contributed by atoms with E-state index >= 15 is 0 Å². The number of benzene rings is 2. The predicted molar refractivity (Wildman–Crippen MR) is 87.5 cm³/mol. The van der Waals surface area contributed by atoms with Gasteiger partial charge in [0.2, 0.25) is 0 Å². The van der Waals surface area contributed by atoms with Crippen molar-refractivity contribution in [2.24, 2.45) is 0 Å². The number of carbonyl (C=O) groups excluding carboxylic acids is 1. The Morgan fingerprint density at radius 1 is 1.17 bits per heavy atom. The molecule has 3 aromatic rings. The Kier molecular flexibility index (Phi) is 3.72. The molecule has 0 fully saturated rings. The number of hydrogen-bond acceptors (Lipinski definition) is 4. The van der Waals surface area contributed by atoms with E-state index in [2.05, 4.69) is 10.3 Å². The fourth-order valence-electron chi connectivity index (χ4n) is 2.35. The van der Waals surface area contributed by atoms with E-state index < -0.39 is 10.8 Å². The van der Waals surface area contributed by atoms with Crippen molar-refractivity contribution in [2.45, 2.75) is 6.92 Å². The molecule has 6 heteroatoms. The summed E-state index contributed by atoms with van der Waals surface area (Å²) in [6, 6.07) is 13.6. The van der Waals surface area contributed by atoms with Crippen molar-refractivity contribution in [1.82, 2.24) is 4.98 Å². The molecule has 1 amide bonds. The van der Waals surface area contributed by atoms with Crippen LogP contribution in [-0.4, -0.2) is 15.8 Å². The van der Waals surface area contributed by atoms with Crippen LogP contribution in [0, 0.1) is 17.0 Å². The quantitative estimate of drug-likeness (QED) is 0.590. The van der Waals surface area contributed by atoms with Gasteiger partial charge in [0, 0.05) is 28.8 Å². The monoisotopic (exact) mass is 307 g/mol. The van der Waals surface area contributed by atoms with Crippen LogP contribution in [0.2, 0.25) is 0 Å². The van der Waals surface area contributed by atoms with Crippen molar-refractivity contribution in [1.29, 1.82) is 0 Å². The number of carbonyl (C=O) groups is 1. The molecule has 0 saturated carbocycles. The van der Waals surface area contributed by atoms with Crippen LogP contribution in [-0.2, 0) is 0 Å². The lowest BCUT2D eigenvalue weighted by Gasteiger charge is -2.08. The zero-order valence-corrected chi connectivity index (χ0v) is 12.3. The molecule has 0 atom stereocenters. The highest BCUT2D eigenvalue weighted by atomic mass is 16.6. The van der Waals surface area contributed by atoms with E-state index in [1.54, 1.807) is 31.3 Å². The minimum absolute atomic E-state index is 0.0753. The van der Waals surface area contributed by atoms with Crippen LogP contribution in [0.3, 0.4) is 0 Å². The van der Waals surface area contributed by atoms with Crippen molar-refractivity contribution < 1.29 is 9.72 Å². The van der Waals surface area contributed by atoms with Crippen molar-refractivity contribution in [2.75, 3.05) is 5.32 Å². The van der Waals surface area contributed by atoms with Gasteiger partial charge in [0.25, 0.3) is 11.6 Å². The molecule has 114 valence electrons. The minimum atomic E-state index is -0.494. The van der Waals surface area contributed by atoms with Crippen LogP contribution in [0.5, 0.6) is 0 Å². The van der Waals surface area contributed by atoms with Crippen LogP contribution < -0.4 is 5.32 Å². The number of aryl methyl sites for hydroxylation is 1. The van der Waals surface area contributed by atoms with Gasteiger partial charge in [0.05, 0.1) is 16.1 Å². The third-order valence-corrected chi connectivity index (χ3v) is 3.55. The van der Waals surface area contributed by atoms with Gasteiger partial charge >= 0.3 is 0 Å². The summed E-state index contributed by atoms with van der Waals surface area (Å²) < 4.78 is 0. The Morgan fingerprint density at radius 2 is 1.96 bits per heavy atom. The third kappa shape index (κ3) is 2.87. The van der Waals surface area contributed by atoms with E-state index in [1.165, 1.54) is 6.07 Å². The van der Waals surface area contributed by atoms with Crippen LogP contribution in [0.4, 0.5) is 11.4 Å². The van der Waals surface area contributed by atoms with Crippen molar-refractivity contribution in [3.05, 3.63) is 76.0 Å². The number of anilines is 1. The van der Waals surface area contributed by atoms with Gasteiger partial charge in [-0.05, 0) is 25.1 Å². The highest BCUT2D eigenvalue weighted by Gasteiger charge is 2.15. The number of fused-ring (bicyclic) bond motifs is 1. The fraction of sp³-hybridized carbons (Fsp3) is 0.0588. The first kappa shape index (κ1) is 14.6. The molecule has 0 spiro atoms. The smallest absolute Gasteiger partial charge is 0.273 e. The maximum atomic E-state index is 12.4. The lowest BCUT2D eigenvalue weighted by Crippen LogP contribution is -2.13. The number of para-hydroxylation sites is 1. The number of rotatable bonds is 3. The molecule has 1 N–H and O–H groups in total. The van der Waals surface area contributed by atoms with Crippen LogP contribution in [0.25, 0.3) is 10.9 Å². The summed E-state index contributed by atoms with van der Waals surface area (Å²) in [5, 5.41) is 14.7. The molecule has 0 aliphatic rings. The van der Waals surface area contributed by atoms with E-state index in [0.29, 0.717) is 16.8 Å². The van der Waals surface area contributed by atoms with E-state index in [9.17, 15) is 14.9 Å². The maximum Gasteiger partial charge on any atom is 0.273 e. The summed E-state index contributed by atoms with van der Waals surface area (Å²) in [7, 11) is 0. The number of nitro groups is 1. The first-order valence-electron chi connectivity index (χ1n) is 6.96. The molecule has 6 nitrogen and oxygen atoms in total. The third-order valence-electron chi connectivity index (χ3n) is 3.55. The molecule has 2 aromatic carbocycles. The molecular formula is C17H13N3O3. The first-order chi connectivity index (χ1) is 11.1. The van der Waals surface area contributed by atoms with Gasteiger partial charge in [-0.25, -0.2) is 0 Å². The molecule has 0 aliphatic heterocycles. The number of nitrogens with zero attached hydrogens (tertiary/aromatic N) is 2. The summed E-state index contributed by atoms with van der Waals surface area (Å²) in [5.74, 6) is -0.411. The summed E-state index contributed by atoms with van der Waals surface area (Å²) in [4.78, 5) is 27.1. The molecule has 0 aliphatic carbocycles. The number of nitrogens with one attached hydrogen (secondary N) is 1. The second-order valence-corrected chi connectivity index (χ2v) is 5.09. The topological polar surface area (TPSA) is 85.1 Å². The SMILES string of the molecule is Cc1ccc(C(=O)Nc2cccc3cccnc23)cc1[N+](=O)[O-]. The zero-order valence-electron chi connectivity index (χ0n) is 12.3. The number of amides is 1. The largest absolute Gasteiger partial charge is 0.320 e. The molecule has 0 bridgehead atoms.